The molecule has 0 radical (unpaired) electrons. The maximum absolute atomic E-state index is 12.7. The number of nitrogens with one attached hydrogen (secondary N) is 1. The SMILES string of the molecule is Cc1cccc(C)c1-n1nnnc1SCC(=O)c1ccc2c(c1)[C@H](C)C(=O)N2. The molecule has 1 aromatic heterocycles. The number of anilines is 1. The van der Waals surface area contributed by atoms with Gasteiger partial charge in [0, 0.05) is 11.3 Å². The molecule has 7 nitrogen and oxygen atoms in total. The standard InChI is InChI=1S/C20H19N5O2S/c1-11-5-4-6-12(2)18(11)25-20(22-23-24-25)28-10-17(26)14-7-8-16-15(9-14)13(3)19(27)21-16/h4-9,13H,10H2,1-3H3,(H,21,27)/t13-/m0/s1. The van der Waals surface area contributed by atoms with Crippen LogP contribution in [-0.4, -0.2) is 37.7 Å². The van der Waals surface area contributed by atoms with Gasteiger partial charge in [0.05, 0.1) is 17.4 Å². The summed E-state index contributed by atoms with van der Waals surface area (Å²) >= 11 is 1.30. The van der Waals surface area contributed by atoms with Crippen LogP contribution in [0.1, 0.15) is 39.9 Å². The van der Waals surface area contributed by atoms with Gasteiger partial charge < -0.3 is 5.32 Å². The summed E-state index contributed by atoms with van der Waals surface area (Å²) in [6.45, 7) is 5.85. The lowest BCUT2D eigenvalue weighted by Gasteiger charge is -2.10. The van der Waals surface area contributed by atoms with Gasteiger partial charge in [-0.2, -0.15) is 4.68 Å². The van der Waals surface area contributed by atoms with Gasteiger partial charge in [0.1, 0.15) is 0 Å². The molecule has 3 aromatic rings. The van der Waals surface area contributed by atoms with Crippen LogP contribution in [0.4, 0.5) is 5.69 Å². The number of tetrazole rings is 1. The average molecular weight is 393 g/mol. The summed E-state index contributed by atoms with van der Waals surface area (Å²) in [6, 6.07) is 11.3. The highest BCUT2D eigenvalue weighted by Gasteiger charge is 2.27. The third-order valence-corrected chi connectivity index (χ3v) is 5.84. The Morgan fingerprint density at radius 1 is 1.21 bits per heavy atom. The highest BCUT2D eigenvalue weighted by atomic mass is 32.2. The topological polar surface area (TPSA) is 89.8 Å². The summed E-state index contributed by atoms with van der Waals surface area (Å²) in [5, 5.41) is 15.3. The third kappa shape index (κ3) is 3.20. The number of Topliss-reactive ketones (excluding diaryl/α,β-unsaturated/α-hetero) is 1. The first-order chi connectivity index (χ1) is 13.5. The van der Waals surface area contributed by atoms with Gasteiger partial charge in [-0.1, -0.05) is 30.0 Å². The zero-order valence-electron chi connectivity index (χ0n) is 15.8. The summed E-state index contributed by atoms with van der Waals surface area (Å²) in [4.78, 5) is 24.5. The smallest absolute Gasteiger partial charge is 0.231 e. The first-order valence-electron chi connectivity index (χ1n) is 8.91. The number of amides is 1. The molecular formula is C20H19N5O2S. The summed E-state index contributed by atoms with van der Waals surface area (Å²) < 4.78 is 1.68. The molecule has 0 fully saturated rings. The average Bonchev–Trinajstić information content (AvgIpc) is 3.24. The number of rotatable bonds is 5. The molecule has 0 saturated heterocycles. The van der Waals surface area contributed by atoms with E-state index in [9.17, 15) is 9.59 Å². The second kappa shape index (κ2) is 7.20. The maximum atomic E-state index is 12.7. The molecule has 0 spiro atoms. The van der Waals surface area contributed by atoms with Crippen LogP contribution in [0.2, 0.25) is 0 Å². The summed E-state index contributed by atoms with van der Waals surface area (Å²) in [6.07, 6.45) is 0. The number of ketones is 1. The summed E-state index contributed by atoms with van der Waals surface area (Å²) in [7, 11) is 0. The Balaban J connectivity index is 1.53. The predicted molar refractivity (Wildman–Crippen MR) is 107 cm³/mol. The molecule has 4 rings (SSSR count). The third-order valence-electron chi connectivity index (χ3n) is 4.92. The van der Waals surface area contributed by atoms with E-state index in [0.29, 0.717) is 10.7 Å². The van der Waals surface area contributed by atoms with Gasteiger partial charge in [-0.15, -0.1) is 5.10 Å². The van der Waals surface area contributed by atoms with E-state index >= 15 is 0 Å². The monoisotopic (exact) mass is 393 g/mol. The number of fused-ring (bicyclic) bond motifs is 1. The molecule has 1 aliphatic heterocycles. The lowest BCUT2D eigenvalue weighted by Crippen LogP contribution is -2.08. The molecule has 0 aliphatic carbocycles. The Hall–Kier alpha value is -3.00. The minimum Gasteiger partial charge on any atom is -0.325 e. The van der Waals surface area contributed by atoms with Crippen LogP contribution in [0.3, 0.4) is 0 Å². The molecule has 28 heavy (non-hydrogen) atoms. The Kier molecular flexibility index (Phi) is 4.72. The zero-order chi connectivity index (χ0) is 19.8. The molecule has 1 N–H and O–H groups in total. The summed E-state index contributed by atoms with van der Waals surface area (Å²) in [5.41, 5.74) is 5.27. The summed E-state index contributed by atoms with van der Waals surface area (Å²) in [5.74, 6) is -0.108. The first-order valence-corrected chi connectivity index (χ1v) is 9.90. The van der Waals surface area contributed by atoms with Gasteiger partial charge in [-0.3, -0.25) is 9.59 Å². The quantitative estimate of drug-likeness (QED) is 0.528. The Morgan fingerprint density at radius 3 is 2.71 bits per heavy atom. The van der Waals surface area contributed by atoms with E-state index in [4.69, 9.17) is 0 Å². The number of thioether (sulfide) groups is 1. The van der Waals surface area contributed by atoms with E-state index in [-0.39, 0.29) is 23.4 Å². The second-order valence-corrected chi connectivity index (χ2v) is 7.78. The van der Waals surface area contributed by atoms with Crippen LogP contribution < -0.4 is 5.32 Å². The Bertz CT molecular complexity index is 1070. The number of carbonyl (C=O) groups is 2. The van der Waals surface area contributed by atoms with E-state index in [1.165, 1.54) is 11.8 Å². The van der Waals surface area contributed by atoms with E-state index < -0.39 is 0 Å². The number of para-hydroxylation sites is 1. The van der Waals surface area contributed by atoms with Crippen molar-refractivity contribution in [2.75, 3.05) is 11.1 Å². The number of carbonyl (C=O) groups excluding carboxylic acids is 2. The molecule has 0 saturated carbocycles. The zero-order valence-corrected chi connectivity index (χ0v) is 16.6. The van der Waals surface area contributed by atoms with Crippen molar-refractivity contribution in [3.05, 3.63) is 58.7 Å². The number of aromatic nitrogens is 4. The van der Waals surface area contributed by atoms with Crippen molar-refractivity contribution in [3.8, 4) is 5.69 Å². The fraction of sp³-hybridized carbons (Fsp3) is 0.250. The maximum Gasteiger partial charge on any atom is 0.231 e. The van der Waals surface area contributed by atoms with Crippen molar-refractivity contribution in [1.82, 2.24) is 20.2 Å². The Labute approximate surface area is 166 Å². The second-order valence-electron chi connectivity index (χ2n) is 6.84. The van der Waals surface area contributed by atoms with E-state index in [1.807, 2.05) is 39.0 Å². The number of hydrogen-bond donors (Lipinski definition) is 1. The van der Waals surface area contributed by atoms with Crippen molar-refractivity contribution in [2.45, 2.75) is 31.8 Å². The predicted octanol–water partition coefficient (Wildman–Crippen LogP) is 3.31. The van der Waals surface area contributed by atoms with E-state index in [1.54, 1.807) is 22.9 Å². The largest absolute Gasteiger partial charge is 0.325 e. The lowest BCUT2D eigenvalue weighted by molar-refractivity contribution is -0.116. The molecule has 2 aromatic carbocycles. The van der Waals surface area contributed by atoms with Crippen LogP contribution >= 0.6 is 11.8 Å². The van der Waals surface area contributed by atoms with Crippen molar-refractivity contribution >= 4 is 29.1 Å². The molecule has 2 heterocycles. The van der Waals surface area contributed by atoms with Crippen molar-refractivity contribution in [1.29, 1.82) is 0 Å². The fourth-order valence-electron chi connectivity index (χ4n) is 3.35. The van der Waals surface area contributed by atoms with Gasteiger partial charge in [0.2, 0.25) is 11.1 Å². The molecule has 142 valence electrons. The number of aryl methyl sites for hydroxylation is 2. The van der Waals surface area contributed by atoms with Crippen molar-refractivity contribution in [2.24, 2.45) is 0 Å². The Morgan fingerprint density at radius 2 is 1.96 bits per heavy atom. The van der Waals surface area contributed by atoms with E-state index in [2.05, 4.69) is 20.8 Å². The van der Waals surface area contributed by atoms with Crippen molar-refractivity contribution in [3.63, 3.8) is 0 Å². The molecule has 0 bridgehead atoms. The van der Waals surface area contributed by atoms with Gasteiger partial charge in [0.25, 0.3) is 0 Å². The minimum atomic E-state index is -0.244. The highest BCUT2D eigenvalue weighted by molar-refractivity contribution is 7.99. The molecule has 8 heteroatoms. The molecular weight excluding hydrogens is 374 g/mol. The lowest BCUT2D eigenvalue weighted by atomic mass is 9.99. The van der Waals surface area contributed by atoms with Crippen LogP contribution in [0, 0.1) is 13.8 Å². The van der Waals surface area contributed by atoms with Gasteiger partial charge >= 0.3 is 0 Å². The number of nitrogens with zero attached hydrogens (tertiary/aromatic N) is 4. The van der Waals surface area contributed by atoms with Gasteiger partial charge in [-0.25, -0.2) is 0 Å². The van der Waals surface area contributed by atoms with Crippen LogP contribution in [0.25, 0.3) is 5.69 Å². The molecule has 1 amide bonds. The van der Waals surface area contributed by atoms with Gasteiger partial charge in [0.15, 0.2) is 5.78 Å². The van der Waals surface area contributed by atoms with Crippen LogP contribution in [-0.2, 0) is 4.79 Å². The van der Waals surface area contributed by atoms with Crippen LogP contribution in [0.15, 0.2) is 41.6 Å². The number of benzene rings is 2. The molecule has 1 atom stereocenters. The molecule has 0 unspecified atom stereocenters. The van der Waals surface area contributed by atoms with Gasteiger partial charge in [-0.05, 0) is 66.1 Å². The van der Waals surface area contributed by atoms with E-state index in [0.717, 1.165) is 28.1 Å². The van der Waals surface area contributed by atoms with Crippen LogP contribution in [0.5, 0.6) is 0 Å². The fourth-order valence-corrected chi connectivity index (χ4v) is 4.12. The first kappa shape index (κ1) is 18.4. The van der Waals surface area contributed by atoms with Crippen molar-refractivity contribution < 1.29 is 9.59 Å². The highest BCUT2D eigenvalue weighted by Crippen LogP contribution is 2.33. The minimum absolute atomic E-state index is 0.0320. The molecule has 1 aliphatic rings. The normalized spacial score (nSPS) is 15.4. The number of hydrogen-bond acceptors (Lipinski definition) is 6.